The number of piperidine rings is 1. The Hall–Kier alpha value is -2.70. The van der Waals surface area contributed by atoms with Crippen LogP contribution >= 0.6 is 0 Å². The lowest BCUT2D eigenvalue weighted by Gasteiger charge is -2.28. The molecule has 2 heterocycles. The van der Waals surface area contributed by atoms with E-state index in [0.717, 1.165) is 10.5 Å². The van der Waals surface area contributed by atoms with Gasteiger partial charge in [0.25, 0.3) is 5.91 Å². The monoisotopic (exact) mass is 385 g/mol. The second-order valence-corrected chi connectivity index (χ2v) is 8.69. The topological polar surface area (TPSA) is 86.8 Å². The molecule has 3 rings (SSSR count). The van der Waals surface area contributed by atoms with Crippen molar-refractivity contribution in [2.45, 2.75) is 51.5 Å². The van der Waals surface area contributed by atoms with Gasteiger partial charge in [-0.2, -0.15) is 0 Å². The normalized spacial score (nSPS) is 23.2. The Morgan fingerprint density at radius 3 is 2.18 bits per heavy atom. The van der Waals surface area contributed by atoms with Crippen molar-refractivity contribution >= 4 is 23.6 Å². The molecule has 0 spiro atoms. The minimum absolute atomic E-state index is 0.0172. The number of imide groups is 1. The molecule has 2 fully saturated rings. The Labute approximate surface area is 165 Å². The van der Waals surface area contributed by atoms with Gasteiger partial charge in [0.2, 0.25) is 5.91 Å². The molecule has 1 atom stereocenters. The number of nitrogens with one attached hydrogen (secondary N) is 1. The van der Waals surface area contributed by atoms with Crippen molar-refractivity contribution in [1.29, 1.82) is 0 Å². The minimum atomic E-state index is -1.20. The molecule has 7 nitrogen and oxygen atoms in total. The molecule has 0 aliphatic carbocycles. The quantitative estimate of drug-likeness (QED) is 0.806. The summed E-state index contributed by atoms with van der Waals surface area (Å²) in [6, 6.07) is 7.03. The Morgan fingerprint density at radius 2 is 1.64 bits per heavy atom. The highest BCUT2D eigenvalue weighted by molar-refractivity contribution is 6.09. The summed E-state index contributed by atoms with van der Waals surface area (Å²) in [5, 5.41) is 2.73. The van der Waals surface area contributed by atoms with Gasteiger partial charge in [0.1, 0.15) is 17.9 Å². The van der Waals surface area contributed by atoms with Crippen molar-refractivity contribution in [3.63, 3.8) is 0 Å². The number of hydrogen-bond acceptors (Lipinski definition) is 4. The van der Waals surface area contributed by atoms with Crippen LogP contribution in [0.5, 0.6) is 0 Å². The van der Waals surface area contributed by atoms with Gasteiger partial charge in [0.05, 0.1) is 0 Å². The van der Waals surface area contributed by atoms with Gasteiger partial charge in [0, 0.05) is 25.9 Å². The number of Topliss-reactive ketones (excluding diaryl/α,β-unsaturated/α-hetero) is 1. The zero-order valence-corrected chi connectivity index (χ0v) is 16.9. The van der Waals surface area contributed by atoms with Crippen molar-refractivity contribution < 1.29 is 19.2 Å². The number of nitrogens with zero attached hydrogens (tertiary/aromatic N) is 2. The van der Waals surface area contributed by atoms with Crippen LogP contribution in [0.1, 0.15) is 51.7 Å². The van der Waals surface area contributed by atoms with E-state index in [1.54, 1.807) is 6.92 Å². The summed E-state index contributed by atoms with van der Waals surface area (Å²) in [6.07, 6.45) is 0.646. The van der Waals surface area contributed by atoms with E-state index in [-0.39, 0.29) is 23.7 Å². The third-order valence-corrected chi connectivity index (χ3v) is 5.57. The highest BCUT2D eigenvalue weighted by atomic mass is 16.2. The van der Waals surface area contributed by atoms with Crippen LogP contribution < -0.4 is 5.32 Å². The number of rotatable bonds is 3. The zero-order chi connectivity index (χ0) is 20.7. The Morgan fingerprint density at radius 1 is 1.07 bits per heavy atom. The standard InChI is InChI=1S/C21H27N3O4/c1-20(2,3)14-5-7-15(8-6-14)21(4)18(27)24(19(28)22-21)13-17(26)23-11-9-16(25)10-12-23/h5-8H,9-13H2,1-4H3,(H,22,28). The number of carbonyl (C=O) groups excluding carboxylic acids is 4. The van der Waals surface area contributed by atoms with Gasteiger partial charge >= 0.3 is 6.03 Å². The summed E-state index contributed by atoms with van der Waals surface area (Å²) in [5.41, 5.74) is 0.586. The molecule has 2 saturated heterocycles. The SMILES string of the molecule is CC(C)(C)c1ccc(C2(C)NC(=O)N(CC(=O)N3CCC(=O)CC3)C2=O)cc1. The minimum Gasteiger partial charge on any atom is -0.340 e. The van der Waals surface area contributed by atoms with Gasteiger partial charge in [-0.05, 0) is 23.5 Å². The van der Waals surface area contributed by atoms with Crippen LogP contribution in [0.3, 0.4) is 0 Å². The van der Waals surface area contributed by atoms with E-state index in [0.29, 0.717) is 31.5 Å². The van der Waals surface area contributed by atoms with Gasteiger partial charge in [-0.3, -0.25) is 19.3 Å². The highest BCUT2D eigenvalue weighted by Crippen LogP contribution is 2.31. The Kier molecular flexibility index (Phi) is 5.04. The predicted molar refractivity (Wildman–Crippen MR) is 104 cm³/mol. The van der Waals surface area contributed by atoms with Crippen molar-refractivity contribution in [1.82, 2.24) is 15.1 Å². The molecule has 1 aromatic carbocycles. The van der Waals surface area contributed by atoms with Gasteiger partial charge in [-0.15, -0.1) is 0 Å². The van der Waals surface area contributed by atoms with Crippen molar-refractivity contribution in [2.75, 3.05) is 19.6 Å². The largest absolute Gasteiger partial charge is 0.340 e. The van der Waals surface area contributed by atoms with E-state index < -0.39 is 17.5 Å². The highest BCUT2D eigenvalue weighted by Gasteiger charge is 2.49. The van der Waals surface area contributed by atoms with Crippen LogP contribution in [0, 0.1) is 0 Å². The lowest BCUT2D eigenvalue weighted by atomic mass is 9.84. The van der Waals surface area contributed by atoms with Crippen LogP contribution in [0.25, 0.3) is 0 Å². The van der Waals surface area contributed by atoms with Crippen molar-refractivity contribution in [3.8, 4) is 0 Å². The fourth-order valence-corrected chi connectivity index (χ4v) is 3.58. The first kappa shape index (κ1) is 20.0. The molecular formula is C21H27N3O4. The second kappa shape index (κ2) is 7.04. The molecule has 0 saturated carbocycles. The fourth-order valence-electron chi connectivity index (χ4n) is 3.58. The smallest absolute Gasteiger partial charge is 0.325 e. The number of amides is 4. The average Bonchev–Trinajstić information content (AvgIpc) is 2.86. The Balaban J connectivity index is 1.75. The third-order valence-electron chi connectivity index (χ3n) is 5.57. The number of likely N-dealkylation sites (tertiary alicyclic amines) is 1. The second-order valence-electron chi connectivity index (χ2n) is 8.69. The predicted octanol–water partition coefficient (Wildman–Crippen LogP) is 1.94. The maximum absolute atomic E-state index is 13.0. The van der Waals surface area contributed by atoms with E-state index >= 15 is 0 Å². The average molecular weight is 385 g/mol. The summed E-state index contributed by atoms with van der Waals surface area (Å²) in [7, 11) is 0. The molecule has 2 aliphatic heterocycles. The van der Waals surface area contributed by atoms with E-state index in [9.17, 15) is 19.2 Å². The first-order chi connectivity index (χ1) is 13.0. The van der Waals surface area contributed by atoms with E-state index in [2.05, 4.69) is 26.1 Å². The fraction of sp³-hybridized carbons (Fsp3) is 0.524. The molecule has 2 aliphatic rings. The third kappa shape index (κ3) is 3.66. The summed E-state index contributed by atoms with van der Waals surface area (Å²) < 4.78 is 0. The number of hydrogen-bond donors (Lipinski definition) is 1. The zero-order valence-electron chi connectivity index (χ0n) is 16.9. The molecule has 28 heavy (non-hydrogen) atoms. The molecule has 0 aromatic heterocycles. The summed E-state index contributed by atoms with van der Waals surface area (Å²) in [4.78, 5) is 51.8. The van der Waals surface area contributed by atoms with Crippen LogP contribution in [0.2, 0.25) is 0 Å². The molecular weight excluding hydrogens is 358 g/mol. The number of urea groups is 1. The van der Waals surface area contributed by atoms with Gasteiger partial charge < -0.3 is 10.2 Å². The summed E-state index contributed by atoms with van der Waals surface area (Å²) in [5.74, 6) is -0.629. The lowest BCUT2D eigenvalue weighted by molar-refractivity contribution is -0.140. The van der Waals surface area contributed by atoms with E-state index in [1.807, 2.05) is 24.3 Å². The lowest BCUT2D eigenvalue weighted by Crippen LogP contribution is -2.46. The first-order valence-corrected chi connectivity index (χ1v) is 9.57. The molecule has 1 aromatic rings. The van der Waals surface area contributed by atoms with Crippen LogP contribution in [0.15, 0.2) is 24.3 Å². The molecule has 7 heteroatoms. The first-order valence-electron chi connectivity index (χ1n) is 9.57. The van der Waals surface area contributed by atoms with Gasteiger partial charge in [-0.1, -0.05) is 45.0 Å². The summed E-state index contributed by atoms with van der Waals surface area (Å²) >= 11 is 0. The molecule has 4 amide bonds. The molecule has 0 bridgehead atoms. The van der Waals surface area contributed by atoms with Crippen LogP contribution in [-0.4, -0.2) is 53.1 Å². The summed E-state index contributed by atoms with van der Waals surface area (Å²) in [6.45, 7) is 8.34. The molecule has 1 N–H and O–H groups in total. The van der Waals surface area contributed by atoms with Crippen LogP contribution in [-0.2, 0) is 25.3 Å². The number of carbonyl (C=O) groups is 4. The maximum Gasteiger partial charge on any atom is 0.325 e. The molecule has 1 unspecified atom stereocenters. The van der Waals surface area contributed by atoms with Gasteiger partial charge in [0.15, 0.2) is 0 Å². The number of benzene rings is 1. The Bertz CT molecular complexity index is 815. The van der Waals surface area contributed by atoms with Gasteiger partial charge in [-0.25, -0.2) is 4.79 Å². The van der Waals surface area contributed by atoms with Crippen molar-refractivity contribution in [3.05, 3.63) is 35.4 Å². The van der Waals surface area contributed by atoms with E-state index in [1.165, 1.54) is 4.90 Å². The molecule has 0 radical (unpaired) electrons. The maximum atomic E-state index is 13.0. The van der Waals surface area contributed by atoms with Crippen molar-refractivity contribution in [2.24, 2.45) is 0 Å². The number of ketones is 1. The molecule has 150 valence electrons. The van der Waals surface area contributed by atoms with E-state index in [4.69, 9.17) is 0 Å². The van der Waals surface area contributed by atoms with Crippen LogP contribution in [0.4, 0.5) is 4.79 Å².